The number of carboxylic acid groups (broad SMARTS) is 1. The van der Waals surface area contributed by atoms with Crippen molar-refractivity contribution >= 4 is 5.97 Å². The Morgan fingerprint density at radius 1 is 1.64 bits per heavy atom. The number of fused-ring (bicyclic) bond motifs is 1. The summed E-state index contributed by atoms with van der Waals surface area (Å²) in [6.45, 7) is 0. The first kappa shape index (κ1) is 7.10. The summed E-state index contributed by atoms with van der Waals surface area (Å²) in [5.74, 6) is 0.114. The van der Waals surface area contributed by atoms with Crippen molar-refractivity contribution in [1.82, 2.24) is 0 Å². The summed E-state index contributed by atoms with van der Waals surface area (Å²) in [6.07, 6.45) is 3.90. The number of hydrogen-bond donors (Lipinski definition) is 2. The average molecular weight is 155 g/mol. The summed E-state index contributed by atoms with van der Waals surface area (Å²) in [6, 6.07) is 0. The highest BCUT2D eigenvalue weighted by Crippen LogP contribution is 2.53. The number of hydrogen-bond acceptors (Lipinski definition) is 2. The van der Waals surface area contributed by atoms with Crippen molar-refractivity contribution in [1.29, 1.82) is 0 Å². The number of nitrogens with two attached hydrogens (primary N) is 1. The maximum atomic E-state index is 10.8. The van der Waals surface area contributed by atoms with E-state index < -0.39 is 11.5 Å². The lowest BCUT2D eigenvalue weighted by molar-refractivity contribution is -0.145. The molecule has 0 spiro atoms. The van der Waals surface area contributed by atoms with Crippen molar-refractivity contribution in [3.63, 3.8) is 0 Å². The quantitative estimate of drug-likeness (QED) is 0.582. The summed E-state index contributed by atoms with van der Waals surface area (Å²) < 4.78 is 0. The van der Waals surface area contributed by atoms with Crippen LogP contribution in [0.2, 0.25) is 0 Å². The van der Waals surface area contributed by atoms with Crippen molar-refractivity contribution in [2.24, 2.45) is 17.6 Å². The molecule has 2 aliphatic carbocycles. The van der Waals surface area contributed by atoms with E-state index in [1.807, 2.05) is 0 Å². The second-order valence-electron chi connectivity index (χ2n) is 3.84. The summed E-state index contributed by atoms with van der Waals surface area (Å²) in [4.78, 5) is 10.8. The summed E-state index contributed by atoms with van der Waals surface area (Å²) in [5, 5.41) is 8.87. The lowest BCUT2D eigenvalue weighted by Gasteiger charge is -2.28. The zero-order valence-electron chi connectivity index (χ0n) is 6.42. The fourth-order valence-corrected chi connectivity index (χ4v) is 2.31. The van der Waals surface area contributed by atoms with Crippen LogP contribution in [-0.2, 0) is 4.79 Å². The summed E-state index contributed by atoms with van der Waals surface area (Å²) >= 11 is 0. The molecule has 0 aromatic heterocycles. The number of carboxylic acids is 1. The summed E-state index contributed by atoms with van der Waals surface area (Å²) in [5.41, 5.74) is 4.92. The second kappa shape index (κ2) is 1.97. The van der Waals surface area contributed by atoms with Crippen LogP contribution in [0.4, 0.5) is 0 Å². The molecule has 2 fully saturated rings. The van der Waals surface area contributed by atoms with Gasteiger partial charge in [-0.05, 0) is 24.7 Å². The molecular formula is C8H13NO2. The van der Waals surface area contributed by atoms with Crippen LogP contribution < -0.4 is 5.73 Å². The van der Waals surface area contributed by atoms with Gasteiger partial charge in [0.15, 0.2) is 0 Å². The van der Waals surface area contributed by atoms with Gasteiger partial charge in [-0.25, -0.2) is 0 Å². The molecule has 0 amide bonds. The fraction of sp³-hybridized carbons (Fsp3) is 0.875. The average Bonchev–Trinajstić information content (AvgIpc) is 2.67. The molecule has 3 heteroatoms. The highest BCUT2D eigenvalue weighted by atomic mass is 16.4. The maximum absolute atomic E-state index is 10.8. The zero-order chi connectivity index (χ0) is 8.06. The van der Waals surface area contributed by atoms with Crippen LogP contribution >= 0.6 is 0 Å². The van der Waals surface area contributed by atoms with E-state index in [1.54, 1.807) is 0 Å². The Bertz CT molecular complexity index is 204. The second-order valence-corrected chi connectivity index (χ2v) is 3.84. The number of aliphatic carboxylic acids is 1. The van der Waals surface area contributed by atoms with E-state index in [1.165, 1.54) is 6.42 Å². The predicted molar refractivity (Wildman–Crippen MR) is 40.0 cm³/mol. The molecule has 0 aromatic carbocycles. The third-order valence-corrected chi connectivity index (χ3v) is 3.15. The Kier molecular flexibility index (Phi) is 1.27. The molecule has 2 saturated carbocycles. The zero-order valence-corrected chi connectivity index (χ0v) is 6.42. The lowest BCUT2D eigenvalue weighted by atomic mass is 9.82. The van der Waals surface area contributed by atoms with Crippen LogP contribution in [0.25, 0.3) is 0 Å². The molecule has 0 aliphatic heterocycles. The normalized spacial score (nSPS) is 48.1. The van der Waals surface area contributed by atoms with Crippen molar-refractivity contribution in [2.45, 2.75) is 31.2 Å². The molecule has 2 rings (SSSR count). The molecule has 0 bridgehead atoms. The van der Waals surface area contributed by atoms with Gasteiger partial charge in [0.1, 0.15) is 5.54 Å². The van der Waals surface area contributed by atoms with E-state index in [0.717, 1.165) is 12.8 Å². The van der Waals surface area contributed by atoms with Gasteiger partial charge in [0, 0.05) is 0 Å². The molecule has 3 atom stereocenters. The van der Waals surface area contributed by atoms with Crippen molar-refractivity contribution < 1.29 is 9.90 Å². The maximum Gasteiger partial charge on any atom is 0.323 e. The first-order chi connectivity index (χ1) is 5.14. The van der Waals surface area contributed by atoms with E-state index in [-0.39, 0.29) is 5.92 Å². The van der Waals surface area contributed by atoms with E-state index in [4.69, 9.17) is 10.8 Å². The predicted octanol–water partition coefficient (Wildman–Crippen LogP) is 0.588. The first-order valence-electron chi connectivity index (χ1n) is 4.17. The Morgan fingerprint density at radius 2 is 2.36 bits per heavy atom. The molecule has 0 saturated heterocycles. The van der Waals surface area contributed by atoms with Gasteiger partial charge in [-0.1, -0.05) is 12.8 Å². The van der Waals surface area contributed by atoms with Crippen molar-refractivity contribution in [2.75, 3.05) is 0 Å². The van der Waals surface area contributed by atoms with Crippen LogP contribution in [0.1, 0.15) is 25.7 Å². The van der Waals surface area contributed by atoms with Gasteiger partial charge in [0.25, 0.3) is 0 Å². The van der Waals surface area contributed by atoms with Crippen LogP contribution in [0.5, 0.6) is 0 Å². The molecule has 0 radical (unpaired) electrons. The highest BCUT2D eigenvalue weighted by Gasteiger charge is 2.56. The smallest absolute Gasteiger partial charge is 0.323 e. The van der Waals surface area contributed by atoms with Crippen molar-refractivity contribution in [3.05, 3.63) is 0 Å². The molecule has 3 nitrogen and oxygen atoms in total. The molecule has 3 N–H and O–H groups in total. The molecule has 62 valence electrons. The number of carbonyl (C=O) groups is 1. The largest absolute Gasteiger partial charge is 0.480 e. The SMILES string of the molecule is N[C@@]1(C(=O)O)CCC[C@@H]2C[C@@H]21. The Labute approximate surface area is 65.6 Å². The van der Waals surface area contributed by atoms with Gasteiger partial charge >= 0.3 is 5.97 Å². The number of rotatable bonds is 1. The third-order valence-electron chi connectivity index (χ3n) is 3.15. The molecule has 11 heavy (non-hydrogen) atoms. The van der Waals surface area contributed by atoms with Gasteiger partial charge in [-0.15, -0.1) is 0 Å². The Hall–Kier alpha value is -0.570. The lowest BCUT2D eigenvalue weighted by Crippen LogP contribution is -2.51. The summed E-state index contributed by atoms with van der Waals surface area (Å²) in [7, 11) is 0. The van der Waals surface area contributed by atoms with Crippen LogP contribution in [0.15, 0.2) is 0 Å². The minimum absolute atomic E-state index is 0.286. The van der Waals surface area contributed by atoms with Crippen LogP contribution in [0.3, 0.4) is 0 Å². The van der Waals surface area contributed by atoms with Crippen LogP contribution in [0, 0.1) is 11.8 Å². The van der Waals surface area contributed by atoms with Crippen LogP contribution in [-0.4, -0.2) is 16.6 Å². The standard InChI is InChI=1S/C8H13NO2/c9-8(7(10)11)3-1-2-5-4-6(5)8/h5-6H,1-4,9H2,(H,10,11)/t5-,6+,8+/m1/s1. The van der Waals surface area contributed by atoms with Gasteiger partial charge in [0.2, 0.25) is 0 Å². The highest BCUT2D eigenvalue weighted by molar-refractivity contribution is 5.79. The van der Waals surface area contributed by atoms with Gasteiger partial charge in [-0.3, -0.25) is 4.79 Å². The molecule has 2 aliphatic rings. The third kappa shape index (κ3) is 0.872. The van der Waals surface area contributed by atoms with Gasteiger partial charge < -0.3 is 10.8 Å². The first-order valence-corrected chi connectivity index (χ1v) is 4.17. The fourth-order valence-electron chi connectivity index (χ4n) is 2.31. The topological polar surface area (TPSA) is 63.3 Å². The molecule has 0 unspecified atom stereocenters. The van der Waals surface area contributed by atoms with Gasteiger partial charge in [0.05, 0.1) is 0 Å². The Morgan fingerprint density at radius 3 is 2.91 bits per heavy atom. The van der Waals surface area contributed by atoms with E-state index in [9.17, 15) is 4.79 Å². The minimum atomic E-state index is -0.872. The molecule has 0 aromatic rings. The molecular weight excluding hydrogens is 142 g/mol. The monoisotopic (exact) mass is 155 g/mol. The van der Waals surface area contributed by atoms with E-state index in [0.29, 0.717) is 12.3 Å². The van der Waals surface area contributed by atoms with E-state index >= 15 is 0 Å². The van der Waals surface area contributed by atoms with E-state index in [2.05, 4.69) is 0 Å². The molecule has 0 heterocycles. The van der Waals surface area contributed by atoms with Gasteiger partial charge in [-0.2, -0.15) is 0 Å². The Balaban J connectivity index is 2.17. The minimum Gasteiger partial charge on any atom is -0.480 e. The van der Waals surface area contributed by atoms with Crippen molar-refractivity contribution in [3.8, 4) is 0 Å².